The van der Waals surface area contributed by atoms with E-state index in [0.717, 1.165) is 28.1 Å². The maximum Gasteiger partial charge on any atom is 0.244 e. The van der Waals surface area contributed by atoms with Crippen LogP contribution in [0.25, 0.3) is 0 Å². The van der Waals surface area contributed by atoms with E-state index >= 15 is 0 Å². The second-order valence-corrected chi connectivity index (χ2v) is 10.5. The normalized spacial score (nSPS) is 13.2. The van der Waals surface area contributed by atoms with Crippen molar-refractivity contribution in [2.75, 3.05) is 17.1 Å². The van der Waals surface area contributed by atoms with Gasteiger partial charge in [-0.2, -0.15) is 0 Å². The summed E-state index contributed by atoms with van der Waals surface area (Å²) in [7, 11) is -3.82. The van der Waals surface area contributed by atoms with Gasteiger partial charge < -0.3 is 10.2 Å². The van der Waals surface area contributed by atoms with Crippen molar-refractivity contribution in [3.05, 3.63) is 64.7 Å². The van der Waals surface area contributed by atoms with Gasteiger partial charge in [0.15, 0.2) is 0 Å². The quantitative estimate of drug-likeness (QED) is 0.546. The zero-order valence-corrected chi connectivity index (χ0v) is 21.3. The third-order valence-electron chi connectivity index (χ3n) is 5.40. The molecule has 2 amide bonds. The molecule has 0 radical (unpaired) electrons. The summed E-state index contributed by atoms with van der Waals surface area (Å²) in [4.78, 5) is 27.7. The number of carbonyl (C=O) groups is 2. The first kappa shape index (κ1) is 26.7. The molecule has 2 rings (SSSR count). The summed E-state index contributed by atoms with van der Waals surface area (Å²) in [6.07, 6.45) is 1.77. The highest BCUT2D eigenvalue weighted by molar-refractivity contribution is 7.92. The molecule has 0 heterocycles. The maximum atomic E-state index is 13.5. The second-order valence-electron chi connectivity index (χ2n) is 8.23. The molecule has 33 heavy (non-hydrogen) atoms. The van der Waals surface area contributed by atoms with Gasteiger partial charge in [0.25, 0.3) is 0 Å². The number of hydrogen-bond donors (Lipinski definition) is 1. The fourth-order valence-electron chi connectivity index (χ4n) is 3.30. The van der Waals surface area contributed by atoms with Gasteiger partial charge in [0, 0.05) is 12.6 Å². The molecule has 0 fully saturated rings. The van der Waals surface area contributed by atoms with Gasteiger partial charge in [0.2, 0.25) is 21.8 Å². The lowest BCUT2D eigenvalue weighted by atomic mass is 10.1. The van der Waals surface area contributed by atoms with E-state index in [0.29, 0.717) is 0 Å². The minimum Gasteiger partial charge on any atom is -0.352 e. The number of carbonyl (C=O) groups excluding carboxylic acids is 2. The van der Waals surface area contributed by atoms with Gasteiger partial charge in [-0.3, -0.25) is 13.9 Å². The van der Waals surface area contributed by atoms with Crippen LogP contribution in [0.3, 0.4) is 0 Å². The lowest BCUT2D eigenvalue weighted by Crippen LogP contribution is -2.52. The van der Waals surface area contributed by atoms with Crippen LogP contribution in [-0.2, 0) is 26.2 Å². The number of aryl methyl sites for hydroxylation is 1. The van der Waals surface area contributed by atoms with Crippen molar-refractivity contribution in [1.29, 1.82) is 0 Å². The number of benzene rings is 2. The summed E-state index contributed by atoms with van der Waals surface area (Å²) in [5, 5.41) is 3.11. The van der Waals surface area contributed by atoms with Gasteiger partial charge in [-0.1, -0.05) is 60.5 Å². The van der Waals surface area contributed by atoms with Crippen LogP contribution in [0, 0.1) is 6.92 Å². The topological polar surface area (TPSA) is 86.8 Å². The Labute approximate surface area is 201 Å². The minimum atomic E-state index is -3.82. The third kappa shape index (κ3) is 7.47. The number of nitrogens with one attached hydrogen (secondary N) is 1. The van der Waals surface area contributed by atoms with Gasteiger partial charge in [-0.05, 0) is 44.9 Å². The Morgan fingerprint density at radius 1 is 1.09 bits per heavy atom. The molecule has 0 saturated heterocycles. The highest BCUT2D eigenvalue weighted by Gasteiger charge is 2.31. The molecular formula is C24H32ClN3O4S. The van der Waals surface area contributed by atoms with E-state index in [9.17, 15) is 18.0 Å². The number of hydrogen-bond acceptors (Lipinski definition) is 4. The Balaban J connectivity index is 2.40. The first-order valence-corrected chi connectivity index (χ1v) is 13.0. The van der Waals surface area contributed by atoms with Crippen molar-refractivity contribution in [2.45, 2.75) is 52.7 Å². The molecule has 0 aliphatic rings. The van der Waals surface area contributed by atoms with Crippen LogP contribution in [0.1, 0.15) is 38.3 Å². The average Bonchev–Trinajstić information content (AvgIpc) is 2.75. The largest absolute Gasteiger partial charge is 0.352 e. The van der Waals surface area contributed by atoms with Crippen LogP contribution in [0.4, 0.5) is 5.69 Å². The lowest BCUT2D eigenvalue weighted by Gasteiger charge is -2.32. The number of anilines is 1. The molecular weight excluding hydrogens is 462 g/mol. The van der Waals surface area contributed by atoms with Crippen molar-refractivity contribution in [3.63, 3.8) is 0 Å². The molecule has 0 saturated carbocycles. The van der Waals surface area contributed by atoms with E-state index in [2.05, 4.69) is 5.32 Å². The van der Waals surface area contributed by atoms with Gasteiger partial charge in [-0.25, -0.2) is 8.42 Å². The summed E-state index contributed by atoms with van der Waals surface area (Å²) >= 11 is 6.23. The predicted molar refractivity (Wildman–Crippen MR) is 133 cm³/mol. The summed E-state index contributed by atoms with van der Waals surface area (Å²) < 4.78 is 26.1. The van der Waals surface area contributed by atoms with Gasteiger partial charge >= 0.3 is 0 Å². The van der Waals surface area contributed by atoms with Crippen molar-refractivity contribution < 1.29 is 18.0 Å². The Morgan fingerprint density at radius 3 is 2.33 bits per heavy atom. The molecule has 0 bridgehead atoms. The molecule has 2 aromatic rings. The third-order valence-corrected chi connectivity index (χ3v) is 6.85. The van der Waals surface area contributed by atoms with Gasteiger partial charge in [-0.15, -0.1) is 0 Å². The second kappa shape index (κ2) is 11.5. The van der Waals surface area contributed by atoms with Gasteiger partial charge in [0.05, 0.1) is 17.0 Å². The molecule has 2 unspecified atom stereocenters. The standard InChI is InChI=1S/C24H32ClN3O4S/c1-6-18(3)26-24(30)19(4)27(15-20-11-9-10-17(2)14-20)23(29)16-28(33(5,31)32)22-13-8-7-12-21(22)25/h7-14,18-19H,6,15-16H2,1-5H3,(H,26,30). The molecule has 9 heteroatoms. The lowest BCUT2D eigenvalue weighted by molar-refractivity contribution is -0.139. The molecule has 0 spiro atoms. The van der Waals surface area contributed by atoms with E-state index in [1.807, 2.05) is 45.0 Å². The Morgan fingerprint density at radius 2 is 1.76 bits per heavy atom. The van der Waals surface area contributed by atoms with Crippen LogP contribution in [-0.4, -0.2) is 50.0 Å². The summed E-state index contributed by atoms with van der Waals surface area (Å²) in [5.74, 6) is -0.803. The molecule has 0 aromatic heterocycles. The van der Waals surface area contributed by atoms with E-state index in [-0.39, 0.29) is 29.2 Å². The highest BCUT2D eigenvalue weighted by atomic mass is 35.5. The van der Waals surface area contributed by atoms with Crippen molar-refractivity contribution in [1.82, 2.24) is 10.2 Å². The van der Waals surface area contributed by atoms with E-state index in [1.54, 1.807) is 31.2 Å². The average molecular weight is 494 g/mol. The zero-order valence-electron chi connectivity index (χ0n) is 19.7. The minimum absolute atomic E-state index is 0.0495. The van der Waals surface area contributed by atoms with Crippen LogP contribution in [0.15, 0.2) is 48.5 Å². The number of halogens is 1. The summed E-state index contributed by atoms with van der Waals surface area (Å²) in [6.45, 7) is 7.12. The number of sulfonamides is 1. The number of nitrogens with zero attached hydrogens (tertiary/aromatic N) is 2. The first-order chi connectivity index (χ1) is 15.4. The Hall–Kier alpha value is -2.58. The number of rotatable bonds is 10. The molecule has 180 valence electrons. The number of para-hydroxylation sites is 1. The predicted octanol–water partition coefficient (Wildman–Crippen LogP) is 3.75. The van der Waals surface area contributed by atoms with E-state index < -0.39 is 28.5 Å². The molecule has 0 aliphatic carbocycles. The fraction of sp³-hybridized carbons (Fsp3) is 0.417. The first-order valence-electron chi connectivity index (χ1n) is 10.8. The molecule has 2 aromatic carbocycles. The van der Waals surface area contributed by atoms with Gasteiger partial charge in [0.1, 0.15) is 12.6 Å². The van der Waals surface area contributed by atoms with Crippen LogP contribution < -0.4 is 9.62 Å². The fourth-order valence-corrected chi connectivity index (χ4v) is 4.45. The molecule has 7 nitrogen and oxygen atoms in total. The van der Waals surface area contributed by atoms with E-state index in [4.69, 9.17) is 11.6 Å². The smallest absolute Gasteiger partial charge is 0.244 e. The monoisotopic (exact) mass is 493 g/mol. The Bertz CT molecular complexity index is 1090. The van der Waals surface area contributed by atoms with Crippen molar-refractivity contribution in [2.24, 2.45) is 0 Å². The maximum absolute atomic E-state index is 13.5. The summed E-state index contributed by atoms with van der Waals surface area (Å²) in [6, 6.07) is 13.2. The summed E-state index contributed by atoms with van der Waals surface area (Å²) in [5.41, 5.74) is 2.07. The van der Waals surface area contributed by atoms with Crippen LogP contribution in [0.2, 0.25) is 5.02 Å². The van der Waals surface area contributed by atoms with E-state index in [1.165, 1.54) is 4.90 Å². The number of amides is 2. The van der Waals surface area contributed by atoms with Crippen molar-refractivity contribution in [3.8, 4) is 0 Å². The Kier molecular flexibility index (Phi) is 9.31. The molecule has 0 aliphatic heterocycles. The SMILES string of the molecule is CCC(C)NC(=O)C(C)N(Cc1cccc(C)c1)C(=O)CN(c1ccccc1Cl)S(C)(=O)=O. The highest BCUT2D eigenvalue weighted by Crippen LogP contribution is 2.27. The van der Waals surface area contributed by atoms with Crippen LogP contribution in [0.5, 0.6) is 0 Å². The molecule has 1 N–H and O–H groups in total. The van der Waals surface area contributed by atoms with Crippen molar-refractivity contribution >= 4 is 39.1 Å². The van der Waals surface area contributed by atoms with Crippen LogP contribution >= 0.6 is 11.6 Å². The molecule has 2 atom stereocenters. The zero-order chi connectivity index (χ0) is 24.8.